The zero-order valence-electron chi connectivity index (χ0n) is 9.52. The van der Waals surface area contributed by atoms with Gasteiger partial charge in [-0.2, -0.15) is 0 Å². The van der Waals surface area contributed by atoms with Gasteiger partial charge >= 0.3 is 110 Å². The fraction of sp³-hybridized carbons (Fsp3) is 0.250. The number of hydrogen-bond donors (Lipinski definition) is 0. The second-order valence-corrected chi connectivity index (χ2v) is 6.55. The molecule has 5 rings (SSSR count). The van der Waals surface area contributed by atoms with Crippen LogP contribution in [0.2, 0.25) is 0 Å². The van der Waals surface area contributed by atoms with Gasteiger partial charge in [-0.3, -0.25) is 0 Å². The molecule has 0 nitrogen and oxygen atoms in total. The second kappa shape index (κ2) is 3.25. The van der Waals surface area contributed by atoms with Crippen LogP contribution in [-0.4, -0.2) is 16.0 Å². The summed E-state index contributed by atoms with van der Waals surface area (Å²) >= 11 is 3.49. The van der Waals surface area contributed by atoms with Crippen LogP contribution in [0.4, 0.5) is 0 Å². The monoisotopic (exact) mass is 285 g/mol. The molecule has 0 saturated carbocycles. The summed E-state index contributed by atoms with van der Waals surface area (Å²) in [5.74, 6) is 0.623. The van der Waals surface area contributed by atoms with Crippen LogP contribution in [0.5, 0.6) is 0 Å². The summed E-state index contributed by atoms with van der Waals surface area (Å²) < 4.78 is 0.127. The van der Waals surface area contributed by atoms with Crippen LogP contribution >= 0.6 is 0 Å². The molecule has 2 aromatic rings. The third-order valence-electron chi connectivity index (χ3n) is 4.33. The van der Waals surface area contributed by atoms with Gasteiger partial charge in [-0.05, 0) is 0 Å². The van der Waals surface area contributed by atoms with Crippen molar-refractivity contribution in [2.45, 2.75) is 23.1 Å². The van der Waals surface area contributed by atoms with E-state index in [0.717, 1.165) is 0 Å². The molecule has 0 saturated heterocycles. The molecule has 3 aliphatic rings. The first-order valence-corrected chi connectivity index (χ1v) is 7.05. The third-order valence-corrected chi connectivity index (χ3v) is 5.68. The summed E-state index contributed by atoms with van der Waals surface area (Å²) in [7, 11) is 0. The Labute approximate surface area is 110 Å². The Bertz CT molecular complexity index is 552. The van der Waals surface area contributed by atoms with Gasteiger partial charge in [-0.25, -0.2) is 0 Å². The Morgan fingerprint density at radius 3 is 2.00 bits per heavy atom. The van der Waals surface area contributed by atoms with Crippen LogP contribution in [0, 0.1) is 0 Å². The van der Waals surface area contributed by atoms with Crippen molar-refractivity contribution >= 4 is 16.0 Å². The predicted molar refractivity (Wildman–Crippen MR) is 70.5 cm³/mol. The van der Waals surface area contributed by atoms with Gasteiger partial charge < -0.3 is 0 Å². The Kier molecular flexibility index (Phi) is 1.90. The van der Waals surface area contributed by atoms with E-state index in [4.69, 9.17) is 0 Å². The van der Waals surface area contributed by atoms with E-state index in [1.165, 1.54) is 35.1 Å². The molecule has 83 valence electrons. The molecule has 0 aliphatic heterocycles. The number of hydrogen-bond acceptors (Lipinski definition) is 0. The Hall–Kier alpha value is -1.04. The number of rotatable bonds is 0. The average Bonchev–Trinajstić information content (AvgIpc) is 2.40. The molecular weight excluding hydrogens is 271 g/mol. The minimum atomic E-state index is 0.127. The Morgan fingerprint density at radius 2 is 1.41 bits per heavy atom. The van der Waals surface area contributed by atoms with Gasteiger partial charge in [0, 0.05) is 0 Å². The minimum absolute atomic E-state index is 0.127. The molecule has 0 aromatic heterocycles. The second-order valence-electron chi connectivity index (χ2n) is 5.09. The van der Waals surface area contributed by atoms with Crippen molar-refractivity contribution in [3.63, 3.8) is 0 Å². The number of benzene rings is 2. The average molecular weight is 284 g/mol. The van der Waals surface area contributed by atoms with Gasteiger partial charge in [-0.15, -0.1) is 0 Å². The van der Waals surface area contributed by atoms with E-state index in [9.17, 15) is 0 Å². The van der Waals surface area contributed by atoms with Gasteiger partial charge in [0.25, 0.3) is 0 Å². The molecule has 1 radical (unpaired) electrons. The summed E-state index contributed by atoms with van der Waals surface area (Å²) in [6.07, 6.45) is 2.52. The first kappa shape index (κ1) is 9.94. The molecule has 0 spiro atoms. The van der Waals surface area contributed by atoms with Crippen LogP contribution in [0.25, 0.3) is 0 Å². The summed E-state index contributed by atoms with van der Waals surface area (Å²) in [5, 5.41) is 0. The van der Waals surface area contributed by atoms with Crippen molar-refractivity contribution in [2.75, 3.05) is 0 Å². The molecule has 0 atom stereocenters. The molecule has 0 N–H and O–H groups in total. The zero-order chi connectivity index (χ0) is 11.5. The normalized spacial score (nSPS) is 28.6. The molecular formula is C16H13Se. The molecule has 2 bridgehead atoms. The third kappa shape index (κ3) is 1.14. The summed E-state index contributed by atoms with van der Waals surface area (Å²) in [5.41, 5.74) is 6.09. The van der Waals surface area contributed by atoms with Crippen LogP contribution in [0.15, 0.2) is 48.5 Å². The first-order valence-electron chi connectivity index (χ1n) is 6.20. The SMILES string of the molecule is [Se]C12CCC(c3ccccc31)c1ccccc12. The van der Waals surface area contributed by atoms with Crippen molar-refractivity contribution in [3.05, 3.63) is 70.8 Å². The van der Waals surface area contributed by atoms with Crippen molar-refractivity contribution in [2.24, 2.45) is 0 Å². The quantitative estimate of drug-likeness (QED) is 0.651. The van der Waals surface area contributed by atoms with E-state index in [2.05, 4.69) is 64.5 Å². The fourth-order valence-electron chi connectivity index (χ4n) is 3.58. The van der Waals surface area contributed by atoms with Gasteiger partial charge in [0.1, 0.15) is 0 Å². The van der Waals surface area contributed by atoms with E-state index >= 15 is 0 Å². The molecule has 0 heterocycles. The summed E-state index contributed by atoms with van der Waals surface area (Å²) in [6, 6.07) is 17.9. The molecule has 17 heavy (non-hydrogen) atoms. The summed E-state index contributed by atoms with van der Waals surface area (Å²) in [4.78, 5) is 0. The van der Waals surface area contributed by atoms with Crippen molar-refractivity contribution in [1.82, 2.24) is 0 Å². The Morgan fingerprint density at radius 1 is 0.882 bits per heavy atom. The maximum absolute atomic E-state index is 3.49. The zero-order valence-corrected chi connectivity index (χ0v) is 11.2. The molecule has 0 fully saturated rings. The van der Waals surface area contributed by atoms with E-state index < -0.39 is 0 Å². The predicted octanol–water partition coefficient (Wildman–Crippen LogP) is 3.34. The van der Waals surface area contributed by atoms with Gasteiger partial charge in [0.2, 0.25) is 0 Å². The van der Waals surface area contributed by atoms with Crippen molar-refractivity contribution in [3.8, 4) is 0 Å². The van der Waals surface area contributed by atoms with Gasteiger partial charge in [0.15, 0.2) is 0 Å². The van der Waals surface area contributed by atoms with Crippen LogP contribution in [-0.2, 0) is 4.31 Å². The van der Waals surface area contributed by atoms with E-state index in [1.807, 2.05) is 0 Å². The van der Waals surface area contributed by atoms with E-state index in [-0.39, 0.29) is 4.31 Å². The fourth-order valence-corrected chi connectivity index (χ4v) is 4.61. The number of fused-ring (bicyclic) bond motifs is 1. The molecule has 3 aliphatic carbocycles. The van der Waals surface area contributed by atoms with Crippen molar-refractivity contribution in [1.29, 1.82) is 0 Å². The molecule has 0 amide bonds. The van der Waals surface area contributed by atoms with Crippen LogP contribution in [0.3, 0.4) is 0 Å². The molecule has 2 aromatic carbocycles. The summed E-state index contributed by atoms with van der Waals surface area (Å²) in [6.45, 7) is 0. The molecule has 0 unspecified atom stereocenters. The van der Waals surface area contributed by atoms with E-state index in [0.29, 0.717) is 5.92 Å². The van der Waals surface area contributed by atoms with Gasteiger partial charge in [0.05, 0.1) is 0 Å². The standard InChI is InChI=1S/C16H13Se/c17-16-10-9-11(12-5-1-3-7-14(12)16)13-6-2-4-8-15(13)16/h1-8,11H,9-10H2. The Balaban J connectivity index is 2.10. The topological polar surface area (TPSA) is 0 Å². The first-order chi connectivity index (χ1) is 8.31. The molecule has 1 heteroatoms. The van der Waals surface area contributed by atoms with Crippen molar-refractivity contribution < 1.29 is 0 Å². The van der Waals surface area contributed by atoms with Crippen LogP contribution < -0.4 is 0 Å². The van der Waals surface area contributed by atoms with E-state index in [1.54, 1.807) is 0 Å². The maximum atomic E-state index is 3.49. The van der Waals surface area contributed by atoms with Crippen LogP contribution in [0.1, 0.15) is 41.0 Å². The van der Waals surface area contributed by atoms with Gasteiger partial charge in [-0.1, -0.05) is 0 Å².